The molecule has 0 bridgehead atoms. The van der Waals surface area contributed by atoms with Crippen LogP contribution in [0.25, 0.3) is 0 Å². The van der Waals surface area contributed by atoms with Gasteiger partial charge in [-0.25, -0.2) is 0 Å². The molecule has 1 atom stereocenters. The fraction of sp³-hybridized carbons (Fsp3) is 0.818. The second-order valence-electron chi connectivity index (χ2n) is 4.97. The molecule has 0 aliphatic rings. The maximum absolute atomic E-state index is 11.6. The molecule has 0 radical (unpaired) electrons. The normalized spacial score (nSPS) is 12.3. The molecule has 6 heteroatoms. The van der Waals surface area contributed by atoms with E-state index in [4.69, 9.17) is 5.73 Å². The van der Waals surface area contributed by atoms with E-state index in [9.17, 15) is 9.59 Å². The van der Waals surface area contributed by atoms with Gasteiger partial charge in [-0.3, -0.25) is 9.59 Å². The van der Waals surface area contributed by atoms with E-state index in [0.29, 0.717) is 19.5 Å². The lowest BCUT2D eigenvalue weighted by molar-refractivity contribution is -0.124. The Bertz CT molecular complexity index is 252. The molecule has 4 N–H and O–H groups in total. The lowest BCUT2D eigenvalue weighted by Gasteiger charge is -2.25. The summed E-state index contributed by atoms with van der Waals surface area (Å²) in [5.74, 6) is -0.201. The van der Waals surface area contributed by atoms with Crippen LogP contribution in [-0.2, 0) is 9.59 Å². The molecule has 0 aliphatic heterocycles. The number of nitrogens with two attached hydrogens (primary N) is 1. The van der Waals surface area contributed by atoms with E-state index in [1.807, 2.05) is 20.8 Å². The van der Waals surface area contributed by atoms with Gasteiger partial charge in [-0.05, 0) is 11.8 Å². The van der Waals surface area contributed by atoms with Crippen molar-refractivity contribution < 1.29 is 9.59 Å². The lowest BCUT2D eigenvalue weighted by Crippen LogP contribution is -2.49. The van der Waals surface area contributed by atoms with Crippen molar-refractivity contribution in [2.75, 3.05) is 13.1 Å². The van der Waals surface area contributed by atoms with Crippen molar-refractivity contribution in [2.45, 2.75) is 40.2 Å². The summed E-state index contributed by atoms with van der Waals surface area (Å²) < 4.78 is 0. The molecule has 0 aromatic heterocycles. The smallest absolute Gasteiger partial charge is 0.237 e. The molecule has 0 rings (SSSR count). The average molecular weight is 266 g/mol. The first-order chi connectivity index (χ1) is 7.25. The van der Waals surface area contributed by atoms with Crippen molar-refractivity contribution in [1.29, 1.82) is 0 Å². The van der Waals surface area contributed by atoms with Crippen LogP contribution in [0.4, 0.5) is 0 Å². The first-order valence-electron chi connectivity index (χ1n) is 5.53. The number of carbonyl (C=O) groups is 2. The molecule has 0 unspecified atom stereocenters. The van der Waals surface area contributed by atoms with Crippen LogP contribution < -0.4 is 16.4 Å². The van der Waals surface area contributed by atoms with Gasteiger partial charge in [0.25, 0.3) is 0 Å². The zero-order chi connectivity index (χ0) is 12.8. The minimum Gasteiger partial charge on any atom is -0.356 e. The van der Waals surface area contributed by atoms with Gasteiger partial charge in [0, 0.05) is 20.0 Å². The zero-order valence-corrected chi connectivity index (χ0v) is 11.8. The topological polar surface area (TPSA) is 84.2 Å². The molecule has 17 heavy (non-hydrogen) atoms. The summed E-state index contributed by atoms with van der Waals surface area (Å²) in [6, 6.07) is -0.506. The Morgan fingerprint density at radius 1 is 1.18 bits per heavy atom. The van der Waals surface area contributed by atoms with Crippen LogP contribution in [0.3, 0.4) is 0 Å². The van der Waals surface area contributed by atoms with Gasteiger partial charge in [-0.15, -0.1) is 12.4 Å². The molecule has 0 saturated carbocycles. The maximum atomic E-state index is 11.6. The third-order valence-corrected chi connectivity index (χ3v) is 2.24. The third kappa shape index (κ3) is 8.94. The van der Waals surface area contributed by atoms with E-state index in [1.165, 1.54) is 6.92 Å². The fourth-order valence-electron chi connectivity index (χ4n) is 1.07. The maximum Gasteiger partial charge on any atom is 0.237 e. The summed E-state index contributed by atoms with van der Waals surface area (Å²) >= 11 is 0. The van der Waals surface area contributed by atoms with Gasteiger partial charge in [-0.2, -0.15) is 0 Å². The molecule has 5 nitrogen and oxygen atoms in total. The highest BCUT2D eigenvalue weighted by atomic mass is 35.5. The van der Waals surface area contributed by atoms with Gasteiger partial charge < -0.3 is 16.4 Å². The number of hydrogen-bond donors (Lipinski definition) is 3. The van der Waals surface area contributed by atoms with Crippen molar-refractivity contribution in [3.63, 3.8) is 0 Å². The van der Waals surface area contributed by atoms with Crippen LogP contribution >= 0.6 is 12.4 Å². The van der Waals surface area contributed by atoms with Gasteiger partial charge in [0.05, 0.1) is 6.04 Å². The highest BCUT2D eigenvalue weighted by Crippen LogP contribution is 2.16. The predicted octanol–water partition coefficient (Wildman–Crippen LogP) is 0.424. The predicted molar refractivity (Wildman–Crippen MR) is 71.0 cm³/mol. The molecule has 0 heterocycles. The Labute approximate surface area is 109 Å². The van der Waals surface area contributed by atoms with Crippen molar-refractivity contribution >= 4 is 24.2 Å². The quantitative estimate of drug-likeness (QED) is 0.630. The van der Waals surface area contributed by atoms with E-state index in [-0.39, 0.29) is 29.6 Å². The van der Waals surface area contributed by atoms with Crippen molar-refractivity contribution in [3.05, 3.63) is 0 Å². The lowest BCUT2D eigenvalue weighted by atomic mass is 9.87. The SMILES string of the molecule is CC(=O)NCCCNC(=O)[C@@H](N)C(C)(C)C.Cl. The van der Waals surface area contributed by atoms with Gasteiger partial charge in [-0.1, -0.05) is 20.8 Å². The molecule has 2 amide bonds. The van der Waals surface area contributed by atoms with E-state index < -0.39 is 6.04 Å². The van der Waals surface area contributed by atoms with E-state index in [2.05, 4.69) is 10.6 Å². The molecule has 0 spiro atoms. The molecule has 0 aromatic rings. The Balaban J connectivity index is 0. The number of carbonyl (C=O) groups excluding carboxylic acids is 2. The molecule has 0 aliphatic carbocycles. The van der Waals surface area contributed by atoms with Crippen LogP contribution in [0, 0.1) is 5.41 Å². The first kappa shape index (κ1) is 18.6. The van der Waals surface area contributed by atoms with E-state index >= 15 is 0 Å². The van der Waals surface area contributed by atoms with Gasteiger partial charge in [0.15, 0.2) is 0 Å². The summed E-state index contributed by atoms with van der Waals surface area (Å²) in [7, 11) is 0. The zero-order valence-electron chi connectivity index (χ0n) is 11.0. The molecular formula is C11H24ClN3O2. The number of halogens is 1. The molecular weight excluding hydrogens is 242 g/mol. The highest BCUT2D eigenvalue weighted by molar-refractivity contribution is 5.85. The second kappa shape index (κ2) is 8.31. The number of amides is 2. The largest absolute Gasteiger partial charge is 0.356 e. The third-order valence-electron chi connectivity index (χ3n) is 2.24. The summed E-state index contributed by atoms with van der Waals surface area (Å²) in [5, 5.41) is 5.40. The summed E-state index contributed by atoms with van der Waals surface area (Å²) in [4.78, 5) is 22.1. The van der Waals surface area contributed by atoms with Crippen LogP contribution in [0.1, 0.15) is 34.1 Å². The monoisotopic (exact) mass is 265 g/mol. The van der Waals surface area contributed by atoms with Crippen molar-refractivity contribution in [3.8, 4) is 0 Å². The van der Waals surface area contributed by atoms with Crippen molar-refractivity contribution in [2.24, 2.45) is 11.1 Å². The minimum absolute atomic E-state index is 0. The van der Waals surface area contributed by atoms with Crippen LogP contribution in [0.2, 0.25) is 0 Å². The van der Waals surface area contributed by atoms with Gasteiger partial charge >= 0.3 is 0 Å². The summed E-state index contributed by atoms with van der Waals surface area (Å²) in [6.45, 7) is 8.34. The fourth-order valence-corrected chi connectivity index (χ4v) is 1.07. The van der Waals surface area contributed by atoms with Crippen LogP contribution in [0.5, 0.6) is 0 Å². The second-order valence-corrected chi connectivity index (χ2v) is 4.97. The number of rotatable bonds is 5. The Kier molecular flexibility index (Phi) is 9.06. The Hall–Kier alpha value is -0.810. The minimum atomic E-state index is -0.506. The van der Waals surface area contributed by atoms with Crippen LogP contribution in [-0.4, -0.2) is 30.9 Å². The van der Waals surface area contributed by atoms with E-state index in [0.717, 1.165) is 0 Å². The molecule has 0 aromatic carbocycles. The van der Waals surface area contributed by atoms with Gasteiger partial charge in [0.2, 0.25) is 11.8 Å². The Morgan fingerprint density at radius 2 is 1.65 bits per heavy atom. The van der Waals surface area contributed by atoms with Crippen LogP contribution in [0.15, 0.2) is 0 Å². The van der Waals surface area contributed by atoms with Crippen molar-refractivity contribution in [1.82, 2.24) is 10.6 Å². The van der Waals surface area contributed by atoms with Gasteiger partial charge in [0.1, 0.15) is 0 Å². The molecule has 0 fully saturated rings. The van der Waals surface area contributed by atoms with E-state index in [1.54, 1.807) is 0 Å². The number of hydrogen-bond acceptors (Lipinski definition) is 3. The molecule has 0 saturated heterocycles. The highest BCUT2D eigenvalue weighted by Gasteiger charge is 2.26. The average Bonchev–Trinajstić information content (AvgIpc) is 2.13. The standard InChI is InChI=1S/C11H23N3O2.ClH/c1-8(15)13-6-5-7-14-10(16)9(12)11(2,3)4;/h9H,5-7,12H2,1-4H3,(H,13,15)(H,14,16);1H/t9-;/m1./s1. The summed E-state index contributed by atoms with van der Waals surface area (Å²) in [6.07, 6.45) is 0.710. The Morgan fingerprint density at radius 3 is 2.06 bits per heavy atom. The number of nitrogens with one attached hydrogen (secondary N) is 2. The molecule has 102 valence electrons. The first-order valence-corrected chi connectivity index (χ1v) is 5.53. The summed E-state index contributed by atoms with van der Waals surface area (Å²) in [5.41, 5.74) is 5.54.